The van der Waals surface area contributed by atoms with Crippen LogP contribution >= 0.6 is 15.9 Å². The number of nitrogens with zero attached hydrogens (tertiary/aromatic N) is 1. The molecule has 1 amide bonds. The van der Waals surface area contributed by atoms with Crippen molar-refractivity contribution in [3.8, 4) is 0 Å². The minimum Gasteiger partial charge on any atom is -0.480 e. The van der Waals surface area contributed by atoms with E-state index in [4.69, 9.17) is 14.3 Å². The predicted octanol–water partition coefficient (Wildman–Crippen LogP) is 1.36. The molecule has 1 fully saturated rings. The number of carbonyl (C=O) groups is 2. The summed E-state index contributed by atoms with van der Waals surface area (Å²) >= 11 is 3.10. The Hall–Kier alpha value is -1.34. The van der Waals surface area contributed by atoms with Crippen LogP contribution in [0, 0.1) is 0 Å². The molecule has 0 saturated carbocycles. The molecule has 18 heavy (non-hydrogen) atoms. The zero-order chi connectivity index (χ0) is 13.3. The first kappa shape index (κ1) is 13.1. The van der Waals surface area contributed by atoms with Crippen LogP contribution in [0.5, 0.6) is 0 Å². The highest BCUT2D eigenvalue weighted by atomic mass is 79.9. The second kappa shape index (κ2) is 5.11. The van der Waals surface area contributed by atoms with Gasteiger partial charge in [-0.3, -0.25) is 4.79 Å². The Kier molecular flexibility index (Phi) is 3.72. The topological polar surface area (TPSA) is 80.0 Å². The van der Waals surface area contributed by atoms with Crippen molar-refractivity contribution in [3.63, 3.8) is 0 Å². The third kappa shape index (κ3) is 2.41. The van der Waals surface area contributed by atoms with Gasteiger partial charge in [0.1, 0.15) is 6.04 Å². The van der Waals surface area contributed by atoms with E-state index in [0.717, 1.165) is 0 Å². The van der Waals surface area contributed by atoms with Gasteiger partial charge in [0.25, 0.3) is 5.91 Å². The van der Waals surface area contributed by atoms with Gasteiger partial charge in [0, 0.05) is 20.1 Å². The molecule has 0 aliphatic carbocycles. The largest absolute Gasteiger partial charge is 0.480 e. The van der Waals surface area contributed by atoms with Gasteiger partial charge < -0.3 is 19.2 Å². The summed E-state index contributed by atoms with van der Waals surface area (Å²) in [4.78, 5) is 24.5. The average molecular weight is 318 g/mol. The lowest BCUT2D eigenvalue weighted by Gasteiger charge is -2.19. The number of halogens is 1. The zero-order valence-corrected chi connectivity index (χ0v) is 11.2. The van der Waals surface area contributed by atoms with Crippen LogP contribution < -0.4 is 0 Å². The normalized spacial score (nSPS) is 23.3. The minimum absolute atomic E-state index is 0.116. The molecule has 1 aliphatic heterocycles. The van der Waals surface area contributed by atoms with Crippen LogP contribution in [0.3, 0.4) is 0 Å². The van der Waals surface area contributed by atoms with Gasteiger partial charge in [-0.2, -0.15) is 0 Å². The van der Waals surface area contributed by atoms with Crippen LogP contribution in [0.2, 0.25) is 0 Å². The minimum atomic E-state index is -1.03. The summed E-state index contributed by atoms with van der Waals surface area (Å²) in [6.07, 6.45) is 0.0351. The number of hydrogen-bond donors (Lipinski definition) is 1. The Morgan fingerprint density at radius 3 is 2.78 bits per heavy atom. The highest BCUT2D eigenvalue weighted by Gasteiger charge is 2.40. The molecule has 2 unspecified atom stereocenters. The highest BCUT2D eigenvalue weighted by molar-refractivity contribution is 9.10. The number of rotatable bonds is 3. The van der Waals surface area contributed by atoms with Crippen LogP contribution in [0.15, 0.2) is 21.2 Å². The molecule has 0 aromatic carbocycles. The number of aliphatic carboxylic acids is 1. The molecule has 0 spiro atoms. The lowest BCUT2D eigenvalue weighted by Crippen LogP contribution is -2.40. The van der Waals surface area contributed by atoms with Gasteiger partial charge in [-0.25, -0.2) is 4.79 Å². The van der Waals surface area contributed by atoms with Crippen molar-refractivity contribution in [2.24, 2.45) is 0 Å². The molecule has 2 rings (SSSR count). The van der Waals surface area contributed by atoms with Crippen molar-refractivity contribution in [1.82, 2.24) is 4.90 Å². The maximum Gasteiger partial charge on any atom is 0.326 e. The molecule has 2 heterocycles. The van der Waals surface area contributed by atoms with Crippen molar-refractivity contribution in [1.29, 1.82) is 0 Å². The first-order chi connectivity index (χ1) is 8.52. The van der Waals surface area contributed by atoms with Gasteiger partial charge in [-0.15, -0.1) is 0 Å². The van der Waals surface area contributed by atoms with E-state index in [-0.39, 0.29) is 18.4 Å². The van der Waals surface area contributed by atoms with Crippen LogP contribution in [0.1, 0.15) is 17.0 Å². The smallest absolute Gasteiger partial charge is 0.326 e. The zero-order valence-electron chi connectivity index (χ0n) is 9.63. The fourth-order valence-corrected chi connectivity index (χ4v) is 2.30. The SMILES string of the molecule is COC1CC(C(=O)O)N(C(=O)c2ccc(Br)o2)C1. The number of hydrogen-bond acceptors (Lipinski definition) is 4. The number of amides is 1. The molecule has 0 bridgehead atoms. The number of ether oxygens (including phenoxy) is 1. The molecule has 1 aromatic rings. The Bertz CT molecular complexity index is 472. The number of carboxylic acids is 1. The summed E-state index contributed by atoms with van der Waals surface area (Å²) in [5, 5.41) is 9.11. The van der Waals surface area contributed by atoms with Gasteiger partial charge >= 0.3 is 5.97 Å². The van der Waals surface area contributed by atoms with E-state index in [1.54, 1.807) is 6.07 Å². The summed E-state index contributed by atoms with van der Waals surface area (Å²) in [6.45, 7) is 0.255. The Balaban J connectivity index is 2.20. The Morgan fingerprint density at radius 2 is 2.28 bits per heavy atom. The molecule has 7 heteroatoms. The van der Waals surface area contributed by atoms with Gasteiger partial charge in [0.05, 0.1) is 6.10 Å². The van der Waals surface area contributed by atoms with Crippen LogP contribution in [-0.2, 0) is 9.53 Å². The van der Waals surface area contributed by atoms with Crippen molar-refractivity contribution >= 4 is 27.8 Å². The second-order valence-electron chi connectivity index (χ2n) is 4.01. The van der Waals surface area contributed by atoms with Crippen LogP contribution in [-0.4, -0.2) is 47.7 Å². The summed E-state index contributed by atoms with van der Waals surface area (Å²) in [5.74, 6) is -1.36. The fraction of sp³-hybridized carbons (Fsp3) is 0.455. The maximum atomic E-state index is 12.1. The number of furan rings is 1. The van der Waals surface area contributed by atoms with Crippen LogP contribution in [0.25, 0.3) is 0 Å². The first-order valence-corrected chi connectivity index (χ1v) is 6.14. The van der Waals surface area contributed by atoms with Gasteiger partial charge in [0.2, 0.25) is 0 Å². The fourth-order valence-electron chi connectivity index (χ4n) is 2.00. The second-order valence-corrected chi connectivity index (χ2v) is 4.79. The molecular weight excluding hydrogens is 306 g/mol. The third-order valence-corrected chi connectivity index (χ3v) is 3.35. The van der Waals surface area contributed by atoms with Gasteiger partial charge in [0.15, 0.2) is 10.4 Å². The van der Waals surface area contributed by atoms with Crippen molar-refractivity contribution < 1.29 is 23.8 Å². The maximum absolute atomic E-state index is 12.1. The van der Waals surface area contributed by atoms with Gasteiger partial charge in [-0.1, -0.05) is 0 Å². The summed E-state index contributed by atoms with van der Waals surface area (Å²) in [6, 6.07) is 2.23. The van der Waals surface area contributed by atoms with E-state index >= 15 is 0 Å². The van der Waals surface area contributed by atoms with Gasteiger partial charge in [-0.05, 0) is 28.1 Å². The highest BCUT2D eigenvalue weighted by Crippen LogP contribution is 2.24. The average Bonchev–Trinajstić information content (AvgIpc) is 2.93. The van der Waals surface area contributed by atoms with E-state index in [0.29, 0.717) is 11.1 Å². The molecule has 6 nitrogen and oxygen atoms in total. The standard InChI is InChI=1S/C11H12BrNO5/c1-17-6-4-7(11(15)16)13(5-6)10(14)8-2-3-9(12)18-8/h2-3,6-7H,4-5H2,1H3,(H,15,16). The van der Waals surface area contributed by atoms with E-state index in [9.17, 15) is 9.59 Å². The molecule has 1 N–H and O–H groups in total. The van der Waals surface area contributed by atoms with Crippen molar-refractivity contribution in [3.05, 3.63) is 22.6 Å². The van der Waals surface area contributed by atoms with E-state index < -0.39 is 17.9 Å². The number of carboxylic acid groups (broad SMARTS) is 1. The van der Waals surface area contributed by atoms with Crippen LogP contribution in [0.4, 0.5) is 0 Å². The van der Waals surface area contributed by atoms with Crippen molar-refractivity contribution in [2.45, 2.75) is 18.6 Å². The summed E-state index contributed by atoms with van der Waals surface area (Å²) in [7, 11) is 1.50. The first-order valence-electron chi connectivity index (χ1n) is 5.35. The number of methoxy groups -OCH3 is 1. The quantitative estimate of drug-likeness (QED) is 0.910. The molecule has 0 radical (unpaired) electrons. The lowest BCUT2D eigenvalue weighted by molar-refractivity contribution is -0.141. The number of carbonyl (C=O) groups excluding carboxylic acids is 1. The van der Waals surface area contributed by atoms with E-state index in [2.05, 4.69) is 15.9 Å². The predicted molar refractivity (Wildman–Crippen MR) is 64.3 cm³/mol. The lowest BCUT2D eigenvalue weighted by atomic mass is 10.2. The molecule has 98 valence electrons. The van der Waals surface area contributed by atoms with Crippen molar-refractivity contribution in [2.75, 3.05) is 13.7 Å². The van der Waals surface area contributed by atoms with E-state index in [1.165, 1.54) is 18.1 Å². The monoisotopic (exact) mass is 317 g/mol. The van der Waals surface area contributed by atoms with E-state index in [1.807, 2.05) is 0 Å². The summed E-state index contributed by atoms with van der Waals surface area (Å²) in [5.41, 5.74) is 0. The molecule has 1 aromatic heterocycles. The molecular formula is C11H12BrNO5. The molecule has 1 aliphatic rings. The number of likely N-dealkylation sites (tertiary alicyclic amines) is 1. The Morgan fingerprint density at radius 1 is 1.56 bits per heavy atom. The summed E-state index contributed by atoms with van der Waals surface area (Å²) < 4.78 is 10.7. The third-order valence-electron chi connectivity index (χ3n) is 2.93. The Labute approximate surface area is 112 Å². The molecule has 1 saturated heterocycles. The molecule has 2 atom stereocenters.